The summed E-state index contributed by atoms with van der Waals surface area (Å²) in [5, 5.41) is 0. The summed E-state index contributed by atoms with van der Waals surface area (Å²) in [6, 6.07) is 30.9. The van der Waals surface area contributed by atoms with Crippen molar-refractivity contribution in [2.45, 2.75) is 31.3 Å². The van der Waals surface area contributed by atoms with Gasteiger partial charge in [-0.3, -0.25) is 0 Å². The molecule has 124 valence electrons. The molecule has 3 aromatic rings. The smallest absolute Gasteiger partial charge is 0.0749 e. The van der Waals surface area contributed by atoms with Crippen LogP contribution in [0.4, 0.5) is 0 Å². The number of benzene rings is 3. The second-order valence-electron chi connectivity index (χ2n) is 6.32. The molecule has 2 heteroatoms. The Balaban J connectivity index is 0.000000174. The summed E-state index contributed by atoms with van der Waals surface area (Å²) in [4.78, 5) is 1.15. The van der Waals surface area contributed by atoms with E-state index >= 15 is 0 Å². The van der Waals surface area contributed by atoms with Crippen LogP contribution in [0.3, 0.4) is 0 Å². The highest BCUT2D eigenvalue weighted by Crippen LogP contribution is 2.24. The Hall–Kier alpha value is -2.03. The molecule has 3 aromatic carbocycles. The Kier molecular flexibility index (Phi) is 7.10. The third kappa shape index (κ3) is 7.03. The quantitative estimate of drug-likeness (QED) is 0.483. The Bertz CT molecular complexity index is 651. The SMILES string of the molecule is CC(C)(C)OSc1ccccc1.c1ccc(-c2ccccc2)cc1. The van der Waals surface area contributed by atoms with Crippen molar-refractivity contribution >= 4 is 12.0 Å². The van der Waals surface area contributed by atoms with Gasteiger partial charge >= 0.3 is 0 Å². The van der Waals surface area contributed by atoms with Gasteiger partial charge in [-0.1, -0.05) is 78.9 Å². The first-order chi connectivity index (χ1) is 11.5. The van der Waals surface area contributed by atoms with Crippen LogP contribution in [-0.4, -0.2) is 5.60 Å². The molecule has 0 spiro atoms. The van der Waals surface area contributed by atoms with Gasteiger partial charge in [0, 0.05) is 16.9 Å². The summed E-state index contributed by atoms with van der Waals surface area (Å²) in [5.74, 6) is 0. The van der Waals surface area contributed by atoms with Crippen molar-refractivity contribution in [3.63, 3.8) is 0 Å². The van der Waals surface area contributed by atoms with Gasteiger partial charge in [0.15, 0.2) is 0 Å². The van der Waals surface area contributed by atoms with Crippen molar-refractivity contribution in [2.24, 2.45) is 0 Å². The molecule has 0 aliphatic carbocycles. The molecule has 0 bridgehead atoms. The summed E-state index contributed by atoms with van der Waals surface area (Å²) in [6.07, 6.45) is 0. The van der Waals surface area contributed by atoms with E-state index in [9.17, 15) is 0 Å². The lowest BCUT2D eigenvalue weighted by molar-refractivity contribution is 0.165. The minimum atomic E-state index is -0.0828. The van der Waals surface area contributed by atoms with E-state index in [0.717, 1.165) is 4.90 Å². The van der Waals surface area contributed by atoms with Crippen molar-refractivity contribution in [2.75, 3.05) is 0 Å². The maximum absolute atomic E-state index is 5.53. The summed E-state index contributed by atoms with van der Waals surface area (Å²) in [5.41, 5.74) is 2.47. The van der Waals surface area contributed by atoms with E-state index in [2.05, 4.69) is 48.5 Å². The lowest BCUT2D eigenvalue weighted by Crippen LogP contribution is -2.14. The van der Waals surface area contributed by atoms with Crippen molar-refractivity contribution in [1.82, 2.24) is 0 Å². The maximum Gasteiger partial charge on any atom is 0.0749 e. The lowest BCUT2D eigenvalue weighted by atomic mass is 10.1. The first-order valence-corrected chi connectivity index (χ1v) is 8.80. The Morgan fingerprint density at radius 3 is 1.33 bits per heavy atom. The van der Waals surface area contributed by atoms with Gasteiger partial charge in [0.05, 0.1) is 5.60 Å². The highest BCUT2D eigenvalue weighted by Gasteiger charge is 2.10. The zero-order valence-electron chi connectivity index (χ0n) is 14.5. The van der Waals surface area contributed by atoms with Crippen LogP contribution in [0.2, 0.25) is 0 Å². The molecular formula is C22H24OS. The predicted octanol–water partition coefficient (Wildman–Crippen LogP) is 6.86. The van der Waals surface area contributed by atoms with E-state index in [4.69, 9.17) is 4.18 Å². The van der Waals surface area contributed by atoms with Crippen LogP contribution in [0.15, 0.2) is 95.9 Å². The molecule has 0 saturated heterocycles. The molecule has 0 atom stereocenters. The van der Waals surface area contributed by atoms with Crippen LogP contribution >= 0.6 is 12.0 Å². The monoisotopic (exact) mass is 336 g/mol. The predicted molar refractivity (Wildman–Crippen MR) is 105 cm³/mol. The van der Waals surface area contributed by atoms with Crippen LogP contribution in [0.25, 0.3) is 11.1 Å². The van der Waals surface area contributed by atoms with E-state index in [-0.39, 0.29) is 5.60 Å². The zero-order valence-corrected chi connectivity index (χ0v) is 15.3. The van der Waals surface area contributed by atoms with E-state index < -0.39 is 0 Å². The molecule has 0 aromatic heterocycles. The highest BCUT2D eigenvalue weighted by molar-refractivity contribution is 7.94. The van der Waals surface area contributed by atoms with E-state index in [0.29, 0.717) is 0 Å². The van der Waals surface area contributed by atoms with Gasteiger partial charge < -0.3 is 4.18 Å². The Labute approximate surface area is 149 Å². The van der Waals surface area contributed by atoms with Crippen LogP contribution in [0.5, 0.6) is 0 Å². The van der Waals surface area contributed by atoms with Crippen molar-refractivity contribution in [3.05, 3.63) is 91.0 Å². The zero-order chi connectivity index (χ0) is 17.3. The molecule has 1 nitrogen and oxygen atoms in total. The van der Waals surface area contributed by atoms with Gasteiger partial charge in [0.1, 0.15) is 0 Å². The van der Waals surface area contributed by atoms with Crippen LogP contribution in [0.1, 0.15) is 20.8 Å². The molecule has 0 aliphatic heterocycles. The average molecular weight is 337 g/mol. The van der Waals surface area contributed by atoms with E-state index in [1.165, 1.54) is 23.2 Å². The van der Waals surface area contributed by atoms with Gasteiger partial charge in [-0.25, -0.2) is 0 Å². The minimum Gasteiger partial charge on any atom is -0.305 e. The average Bonchev–Trinajstić information content (AvgIpc) is 2.62. The summed E-state index contributed by atoms with van der Waals surface area (Å²) >= 11 is 1.43. The second kappa shape index (κ2) is 9.31. The molecule has 24 heavy (non-hydrogen) atoms. The molecule has 0 amide bonds. The van der Waals surface area contributed by atoms with Crippen LogP contribution in [-0.2, 0) is 4.18 Å². The molecular weight excluding hydrogens is 312 g/mol. The topological polar surface area (TPSA) is 9.23 Å². The van der Waals surface area contributed by atoms with Crippen molar-refractivity contribution in [1.29, 1.82) is 0 Å². The fourth-order valence-corrected chi connectivity index (χ4v) is 2.52. The normalized spacial score (nSPS) is 10.6. The first kappa shape index (κ1) is 18.3. The van der Waals surface area contributed by atoms with Crippen LogP contribution in [0, 0.1) is 0 Å². The van der Waals surface area contributed by atoms with Gasteiger partial charge in [-0.05, 0) is 44.0 Å². The van der Waals surface area contributed by atoms with Crippen molar-refractivity contribution in [3.8, 4) is 11.1 Å². The fraction of sp³-hybridized carbons (Fsp3) is 0.182. The van der Waals surface area contributed by atoms with Gasteiger partial charge in [0.25, 0.3) is 0 Å². The largest absolute Gasteiger partial charge is 0.305 e. The van der Waals surface area contributed by atoms with Crippen LogP contribution < -0.4 is 0 Å². The van der Waals surface area contributed by atoms with Crippen molar-refractivity contribution < 1.29 is 4.18 Å². The molecule has 0 unspecified atom stereocenters. The summed E-state index contributed by atoms with van der Waals surface area (Å²) < 4.78 is 5.53. The molecule has 0 aliphatic rings. The summed E-state index contributed by atoms with van der Waals surface area (Å²) in [7, 11) is 0. The number of hydrogen-bond donors (Lipinski definition) is 0. The minimum absolute atomic E-state index is 0.0828. The van der Waals surface area contributed by atoms with E-state index in [1.807, 2.05) is 63.2 Å². The lowest BCUT2D eigenvalue weighted by Gasteiger charge is -2.17. The number of rotatable bonds is 3. The molecule has 0 fully saturated rings. The third-order valence-electron chi connectivity index (χ3n) is 3.01. The second-order valence-corrected chi connectivity index (χ2v) is 7.13. The first-order valence-electron chi connectivity index (χ1n) is 8.06. The molecule has 0 saturated carbocycles. The van der Waals surface area contributed by atoms with Gasteiger partial charge in [-0.15, -0.1) is 0 Å². The molecule has 0 radical (unpaired) electrons. The van der Waals surface area contributed by atoms with Gasteiger partial charge in [0.2, 0.25) is 0 Å². The third-order valence-corrected chi connectivity index (χ3v) is 4.06. The maximum atomic E-state index is 5.53. The highest BCUT2D eigenvalue weighted by atomic mass is 32.2. The van der Waals surface area contributed by atoms with E-state index in [1.54, 1.807) is 0 Å². The summed E-state index contributed by atoms with van der Waals surface area (Å²) in [6.45, 7) is 6.13. The Morgan fingerprint density at radius 2 is 0.958 bits per heavy atom. The standard InChI is InChI=1S/C12H10.C10H14OS/c1-3-7-11(8-4-1)12-9-5-2-6-10-12;1-10(2,3)11-12-9-7-5-4-6-8-9/h1-10H;4-8H,1-3H3. The molecule has 0 N–H and O–H groups in total. The van der Waals surface area contributed by atoms with Gasteiger partial charge in [-0.2, -0.15) is 0 Å². The molecule has 3 rings (SSSR count). The molecule has 0 heterocycles. The Morgan fingerprint density at radius 1 is 0.583 bits per heavy atom. The fourth-order valence-electron chi connectivity index (χ4n) is 1.91. The number of hydrogen-bond acceptors (Lipinski definition) is 2.